The molecule has 0 radical (unpaired) electrons. The molecule has 72 valence electrons. The zero-order chi connectivity index (χ0) is 9.84. The van der Waals surface area contributed by atoms with Crippen molar-refractivity contribution in [2.45, 2.75) is 25.7 Å². The SMILES string of the molecule is CN(C)[C](=[Cr])C1CCCCC1C#N. The molecular weight excluding hydrogens is 200 g/mol. The fourth-order valence-electron chi connectivity index (χ4n) is 1.91. The Kier molecular flexibility index (Phi) is 4.13. The van der Waals surface area contributed by atoms with Crippen molar-refractivity contribution in [1.29, 1.82) is 5.26 Å². The van der Waals surface area contributed by atoms with Crippen molar-refractivity contribution in [3.8, 4) is 6.07 Å². The fraction of sp³-hybridized carbons (Fsp3) is 0.800. The number of hydrogen-bond acceptors (Lipinski definition) is 2. The van der Waals surface area contributed by atoms with Crippen molar-refractivity contribution < 1.29 is 15.9 Å². The Bertz CT molecular complexity index is 230. The van der Waals surface area contributed by atoms with E-state index in [0.29, 0.717) is 5.92 Å². The van der Waals surface area contributed by atoms with Crippen LogP contribution < -0.4 is 0 Å². The van der Waals surface area contributed by atoms with Crippen LogP contribution in [0.2, 0.25) is 0 Å². The molecule has 0 N–H and O–H groups in total. The van der Waals surface area contributed by atoms with Crippen molar-refractivity contribution in [3.05, 3.63) is 0 Å². The summed E-state index contributed by atoms with van der Waals surface area (Å²) in [4.78, 5) is 2.10. The molecule has 0 heterocycles. The molecule has 0 aromatic rings. The third-order valence-corrected chi connectivity index (χ3v) is 3.73. The van der Waals surface area contributed by atoms with Crippen LogP contribution in [0.15, 0.2) is 0 Å². The molecule has 2 nitrogen and oxygen atoms in total. The summed E-state index contributed by atoms with van der Waals surface area (Å²) in [7, 11) is 4.07. The first kappa shape index (κ1) is 10.9. The molecule has 0 spiro atoms. The van der Waals surface area contributed by atoms with Crippen molar-refractivity contribution in [2.75, 3.05) is 14.1 Å². The summed E-state index contributed by atoms with van der Waals surface area (Å²) in [6.45, 7) is 0. The van der Waals surface area contributed by atoms with Gasteiger partial charge in [0.1, 0.15) is 0 Å². The van der Waals surface area contributed by atoms with Gasteiger partial charge in [0.25, 0.3) is 0 Å². The molecule has 2 atom stereocenters. The first-order chi connectivity index (χ1) is 6.16. The van der Waals surface area contributed by atoms with Gasteiger partial charge in [0, 0.05) is 0 Å². The molecule has 1 saturated carbocycles. The molecule has 0 saturated heterocycles. The van der Waals surface area contributed by atoms with Crippen LogP contribution in [0.5, 0.6) is 0 Å². The van der Waals surface area contributed by atoms with Gasteiger partial charge in [-0.3, -0.25) is 0 Å². The molecule has 1 aliphatic carbocycles. The Balaban J connectivity index is 2.65. The number of nitrogens with zero attached hydrogens (tertiary/aromatic N) is 2. The second-order valence-corrected chi connectivity index (χ2v) is 4.51. The van der Waals surface area contributed by atoms with Gasteiger partial charge in [0.05, 0.1) is 0 Å². The first-order valence-corrected chi connectivity index (χ1v) is 5.41. The van der Waals surface area contributed by atoms with Gasteiger partial charge in [-0.1, -0.05) is 0 Å². The Morgan fingerprint density at radius 3 is 2.54 bits per heavy atom. The summed E-state index contributed by atoms with van der Waals surface area (Å²) in [5.41, 5.74) is 0. The Morgan fingerprint density at radius 1 is 1.38 bits per heavy atom. The summed E-state index contributed by atoms with van der Waals surface area (Å²) >= 11 is 3.10. The van der Waals surface area contributed by atoms with E-state index in [4.69, 9.17) is 5.26 Å². The van der Waals surface area contributed by atoms with Crippen molar-refractivity contribution in [3.63, 3.8) is 0 Å². The standard InChI is InChI=1S/C10H16N2.Cr/c1-12(2)8-10-6-4-3-5-9(10)7-11;/h9-10H,3-6H2,1-2H3;. The second-order valence-electron chi connectivity index (χ2n) is 3.86. The van der Waals surface area contributed by atoms with Crippen LogP contribution in [-0.4, -0.2) is 23.5 Å². The summed E-state index contributed by atoms with van der Waals surface area (Å²) < 4.78 is 1.24. The van der Waals surface area contributed by atoms with Gasteiger partial charge in [-0.15, -0.1) is 0 Å². The van der Waals surface area contributed by atoms with Crippen LogP contribution in [0.4, 0.5) is 0 Å². The zero-order valence-electron chi connectivity index (χ0n) is 8.29. The molecule has 0 aliphatic heterocycles. The quantitative estimate of drug-likeness (QED) is 0.700. The number of rotatable bonds is 2. The van der Waals surface area contributed by atoms with Crippen LogP contribution in [0.25, 0.3) is 0 Å². The predicted molar refractivity (Wildman–Crippen MR) is 49.8 cm³/mol. The summed E-state index contributed by atoms with van der Waals surface area (Å²) in [6, 6.07) is 2.42. The average Bonchev–Trinajstić information content (AvgIpc) is 2.16. The summed E-state index contributed by atoms with van der Waals surface area (Å²) in [5, 5.41) is 9.00. The normalized spacial score (nSPS) is 28.5. The minimum atomic E-state index is 0.229. The molecule has 0 aromatic carbocycles. The van der Waals surface area contributed by atoms with Crippen molar-refractivity contribution >= 4 is 4.50 Å². The zero-order valence-corrected chi connectivity index (χ0v) is 9.56. The van der Waals surface area contributed by atoms with Gasteiger partial charge in [-0.25, -0.2) is 0 Å². The van der Waals surface area contributed by atoms with Gasteiger partial charge in [-0.2, -0.15) is 0 Å². The maximum absolute atomic E-state index is 9.00. The first-order valence-electron chi connectivity index (χ1n) is 4.77. The molecule has 1 fully saturated rings. The monoisotopic (exact) mass is 216 g/mol. The fourth-order valence-corrected chi connectivity index (χ4v) is 2.35. The minimum absolute atomic E-state index is 0.229. The van der Waals surface area contributed by atoms with E-state index in [1.807, 2.05) is 14.1 Å². The molecular formula is C10H16CrN2. The van der Waals surface area contributed by atoms with Crippen LogP contribution in [0.3, 0.4) is 0 Å². The van der Waals surface area contributed by atoms with Gasteiger partial charge in [0.15, 0.2) is 0 Å². The average molecular weight is 216 g/mol. The Hall–Kier alpha value is -0.148. The molecule has 2 unspecified atom stereocenters. The van der Waals surface area contributed by atoms with Crippen LogP contribution in [0.1, 0.15) is 25.7 Å². The van der Waals surface area contributed by atoms with Crippen molar-refractivity contribution in [1.82, 2.24) is 4.90 Å². The maximum atomic E-state index is 9.00. The Morgan fingerprint density at radius 2 is 2.00 bits per heavy atom. The van der Waals surface area contributed by atoms with E-state index in [9.17, 15) is 0 Å². The van der Waals surface area contributed by atoms with Crippen molar-refractivity contribution in [2.24, 2.45) is 11.8 Å². The molecule has 0 amide bonds. The third kappa shape index (κ3) is 2.65. The van der Waals surface area contributed by atoms with Gasteiger partial charge in [-0.05, 0) is 0 Å². The van der Waals surface area contributed by atoms with Crippen LogP contribution in [-0.2, 0) is 15.9 Å². The summed E-state index contributed by atoms with van der Waals surface area (Å²) in [6.07, 6.45) is 4.72. The van der Waals surface area contributed by atoms with Gasteiger partial charge < -0.3 is 0 Å². The number of nitriles is 1. The van der Waals surface area contributed by atoms with Crippen LogP contribution >= 0.6 is 0 Å². The van der Waals surface area contributed by atoms with E-state index in [2.05, 4.69) is 26.8 Å². The molecule has 3 heteroatoms. The van der Waals surface area contributed by atoms with E-state index >= 15 is 0 Å². The van der Waals surface area contributed by atoms with Gasteiger partial charge >= 0.3 is 88.2 Å². The second kappa shape index (κ2) is 4.92. The molecule has 1 rings (SSSR count). The molecule has 13 heavy (non-hydrogen) atoms. The Labute approximate surface area is 88.5 Å². The molecule has 0 aromatic heterocycles. The van der Waals surface area contributed by atoms with E-state index in [0.717, 1.165) is 6.42 Å². The van der Waals surface area contributed by atoms with Gasteiger partial charge in [0.2, 0.25) is 0 Å². The van der Waals surface area contributed by atoms with E-state index < -0.39 is 0 Å². The van der Waals surface area contributed by atoms with Crippen LogP contribution in [0, 0.1) is 23.2 Å². The topological polar surface area (TPSA) is 27.0 Å². The molecule has 0 bridgehead atoms. The third-order valence-electron chi connectivity index (χ3n) is 2.69. The van der Waals surface area contributed by atoms with E-state index in [-0.39, 0.29) is 5.92 Å². The van der Waals surface area contributed by atoms with E-state index in [1.165, 1.54) is 23.8 Å². The summed E-state index contributed by atoms with van der Waals surface area (Å²) in [5.74, 6) is 0.682. The molecule has 1 aliphatic rings. The van der Waals surface area contributed by atoms with E-state index in [1.54, 1.807) is 0 Å². The predicted octanol–water partition coefficient (Wildman–Crippen LogP) is 1.55. The number of hydrogen-bond donors (Lipinski definition) is 0.